The molecule has 2 amide bonds. The summed E-state index contributed by atoms with van der Waals surface area (Å²) in [5, 5.41) is 27.8. The molecule has 0 saturated carbocycles. The van der Waals surface area contributed by atoms with Gasteiger partial charge in [-0.3, -0.25) is 19.7 Å². The van der Waals surface area contributed by atoms with Gasteiger partial charge in [-0.2, -0.15) is 5.26 Å². The molecule has 0 spiro atoms. The molecule has 4 aromatic carbocycles. The van der Waals surface area contributed by atoms with Crippen LogP contribution in [0.5, 0.6) is 0 Å². The number of anilines is 2. The van der Waals surface area contributed by atoms with E-state index in [4.69, 9.17) is 23.2 Å². The molecule has 0 atom stereocenters. The number of nitriles is 1. The minimum atomic E-state index is -0.676. The first-order chi connectivity index (χ1) is 21.1. The summed E-state index contributed by atoms with van der Waals surface area (Å²) in [4.78, 5) is 41.7. The number of fused-ring (bicyclic) bond motifs is 1. The Morgan fingerprint density at radius 2 is 1.75 bits per heavy atom. The number of carbonyl (C=O) groups excluding carboxylic acids is 2. The van der Waals surface area contributed by atoms with Crippen LogP contribution >= 0.6 is 46.3 Å². The molecule has 1 aromatic heterocycles. The zero-order chi connectivity index (χ0) is 31.4. The van der Waals surface area contributed by atoms with E-state index in [1.54, 1.807) is 72.8 Å². The first kappa shape index (κ1) is 30.7. The lowest BCUT2D eigenvalue weighted by Gasteiger charge is -2.06. The summed E-state index contributed by atoms with van der Waals surface area (Å²) in [6, 6.07) is 23.2. The van der Waals surface area contributed by atoms with E-state index >= 15 is 0 Å². The van der Waals surface area contributed by atoms with Gasteiger partial charge < -0.3 is 10.6 Å². The van der Waals surface area contributed by atoms with E-state index in [0.717, 1.165) is 22.0 Å². The third-order valence-electron chi connectivity index (χ3n) is 6.23. The molecule has 0 aliphatic carbocycles. The lowest BCUT2D eigenvalue weighted by molar-refractivity contribution is -0.387. The number of nitrogens with zero attached hydrogens (tertiary/aromatic N) is 3. The molecule has 0 fully saturated rings. The van der Waals surface area contributed by atoms with Crippen molar-refractivity contribution in [1.29, 1.82) is 5.26 Å². The SMILES string of the molecule is Cc1ccc(NC(=O)/C(C#N)=C/c2ccc(Sc3nc4ccc(NC(=O)c5ccccc5Cl)cc4s3)c([N+](=O)[O-])c2)cc1Cl. The first-order valence-corrected chi connectivity index (χ1v) is 15.1. The molecule has 0 saturated heterocycles. The summed E-state index contributed by atoms with van der Waals surface area (Å²) in [5.74, 6) is -1.03. The molecule has 2 N–H and O–H groups in total. The average Bonchev–Trinajstić information content (AvgIpc) is 3.40. The Morgan fingerprint density at radius 1 is 1.00 bits per heavy atom. The zero-order valence-corrected chi connectivity index (χ0v) is 25.8. The molecule has 0 bridgehead atoms. The van der Waals surface area contributed by atoms with Crippen LogP contribution in [0.15, 0.2) is 93.7 Å². The highest BCUT2D eigenvalue weighted by Gasteiger charge is 2.19. The molecule has 0 unspecified atom stereocenters. The number of rotatable bonds is 8. The number of carbonyl (C=O) groups is 2. The minimum Gasteiger partial charge on any atom is -0.322 e. The molecule has 5 rings (SSSR count). The monoisotopic (exact) mass is 659 g/mol. The summed E-state index contributed by atoms with van der Waals surface area (Å²) in [7, 11) is 0. The van der Waals surface area contributed by atoms with E-state index in [9.17, 15) is 25.0 Å². The fourth-order valence-corrected chi connectivity index (χ4v) is 6.55. The number of aryl methyl sites for hydroxylation is 1. The number of nitro benzene ring substituents is 1. The van der Waals surface area contributed by atoms with Crippen LogP contribution in [0.25, 0.3) is 16.3 Å². The largest absolute Gasteiger partial charge is 0.322 e. The Labute approximate surface area is 269 Å². The topological polar surface area (TPSA) is 138 Å². The number of nitro groups is 1. The van der Waals surface area contributed by atoms with Gasteiger partial charge in [0, 0.05) is 22.5 Å². The van der Waals surface area contributed by atoms with E-state index in [2.05, 4.69) is 15.6 Å². The molecule has 5 aromatic rings. The predicted octanol–water partition coefficient (Wildman–Crippen LogP) is 8.77. The number of hydrogen-bond donors (Lipinski definition) is 2. The Hall–Kier alpha value is -4.73. The lowest BCUT2D eigenvalue weighted by atomic mass is 10.1. The van der Waals surface area contributed by atoms with Crippen LogP contribution < -0.4 is 10.6 Å². The second-order valence-electron chi connectivity index (χ2n) is 9.27. The van der Waals surface area contributed by atoms with Crippen molar-refractivity contribution in [2.75, 3.05) is 10.6 Å². The van der Waals surface area contributed by atoms with Gasteiger partial charge in [-0.1, -0.05) is 59.2 Å². The van der Waals surface area contributed by atoms with Crippen LogP contribution in [0.2, 0.25) is 10.0 Å². The van der Waals surface area contributed by atoms with E-state index < -0.39 is 10.8 Å². The summed E-state index contributed by atoms with van der Waals surface area (Å²) < 4.78 is 1.32. The Morgan fingerprint density at radius 3 is 2.48 bits per heavy atom. The standard InChI is InChI=1S/C31H19Cl2N5O4S2/c1-17-6-8-20(14-24(17)33)35-29(39)19(16-34)12-18-7-11-27(26(13-18)38(41)42)43-31-37-25-10-9-21(15-28(25)44-31)36-30(40)22-4-2-3-5-23(22)32/h2-15H,1H3,(H,35,39)(H,36,40)/b19-12+. The van der Waals surface area contributed by atoms with Crippen LogP contribution in [0.4, 0.5) is 17.1 Å². The zero-order valence-electron chi connectivity index (χ0n) is 22.6. The van der Waals surface area contributed by atoms with Crippen molar-refractivity contribution in [3.63, 3.8) is 0 Å². The normalized spacial score (nSPS) is 11.2. The van der Waals surface area contributed by atoms with Crippen molar-refractivity contribution in [1.82, 2.24) is 4.98 Å². The summed E-state index contributed by atoms with van der Waals surface area (Å²) in [6.45, 7) is 1.82. The number of aromatic nitrogens is 1. The van der Waals surface area contributed by atoms with Crippen molar-refractivity contribution in [3.05, 3.63) is 121 Å². The van der Waals surface area contributed by atoms with Crippen LogP contribution in [0.3, 0.4) is 0 Å². The van der Waals surface area contributed by atoms with Crippen molar-refractivity contribution >= 4 is 91.5 Å². The summed E-state index contributed by atoms with van der Waals surface area (Å²) >= 11 is 14.7. The first-order valence-electron chi connectivity index (χ1n) is 12.7. The van der Waals surface area contributed by atoms with Gasteiger partial charge in [0.25, 0.3) is 17.5 Å². The maximum atomic E-state index is 12.7. The molecule has 44 heavy (non-hydrogen) atoms. The second kappa shape index (κ2) is 13.3. The second-order valence-corrected chi connectivity index (χ2v) is 12.4. The van der Waals surface area contributed by atoms with Gasteiger partial charge in [0.15, 0.2) is 4.34 Å². The van der Waals surface area contributed by atoms with E-state index in [-0.39, 0.29) is 17.2 Å². The quantitative estimate of drug-likeness (QED) is 0.0734. The summed E-state index contributed by atoms with van der Waals surface area (Å²) in [6.07, 6.45) is 1.28. The van der Waals surface area contributed by atoms with Gasteiger partial charge in [0.1, 0.15) is 11.6 Å². The van der Waals surface area contributed by atoms with Gasteiger partial charge >= 0.3 is 0 Å². The van der Waals surface area contributed by atoms with Crippen LogP contribution in [-0.2, 0) is 4.79 Å². The number of hydrogen-bond acceptors (Lipinski definition) is 8. The average molecular weight is 661 g/mol. The smallest absolute Gasteiger partial charge is 0.283 e. The molecule has 218 valence electrons. The van der Waals surface area contributed by atoms with Crippen molar-refractivity contribution < 1.29 is 14.5 Å². The van der Waals surface area contributed by atoms with Gasteiger partial charge in [-0.05, 0) is 72.7 Å². The van der Waals surface area contributed by atoms with Crippen molar-refractivity contribution in [2.45, 2.75) is 16.2 Å². The maximum Gasteiger partial charge on any atom is 0.283 e. The van der Waals surface area contributed by atoms with Gasteiger partial charge in [-0.15, -0.1) is 11.3 Å². The molecular weight excluding hydrogens is 641 g/mol. The predicted molar refractivity (Wildman–Crippen MR) is 175 cm³/mol. The van der Waals surface area contributed by atoms with Crippen LogP contribution in [-0.4, -0.2) is 21.7 Å². The highest BCUT2D eigenvalue weighted by molar-refractivity contribution is 8.01. The Balaban J connectivity index is 1.34. The molecule has 0 aliphatic rings. The Bertz CT molecular complexity index is 2040. The number of thiazole rings is 1. The molecular formula is C31H19Cl2N5O4S2. The molecule has 1 heterocycles. The summed E-state index contributed by atoms with van der Waals surface area (Å²) in [5.41, 5.74) is 2.66. The number of halogens is 2. The van der Waals surface area contributed by atoms with E-state index in [1.165, 1.54) is 23.5 Å². The molecule has 9 nitrogen and oxygen atoms in total. The van der Waals surface area contributed by atoms with Gasteiger partial charge in [0.2, 0.25) is 0 Å². The lowest BCUT2D eigenvalue weighted by Crippen LogP contribution is -2.13. The molecule has 0 radical (unpaired) electrons. The van der Waals surface area contributed by atoms with Gasteiger partial charge in [-0.25, -0.2) is 4.98 Å². The highest BCUT2D eigenvalue weighted by atomic mass is 35.5. The fraction of sp³-hybridized carbons (Fsp3) is 0.0323. The van der Waals surface area contributed by atoms with E-state index in [0.29, 0.717) is 47.3 Å². The molecule has 13 heteroatoms. The third-order valence-corrected chi connectivity index (χ3v) is 9.11. The third kappa shape index (κ3) is 7.07. The minimum absolute atomic E-state index is 0.210. The molecule has 0 aliphatic heterocycles. The Kier molecular flexibility index (Phi) is 9.27. The number of benzene rings is 4. The highest BCUT2D eigenvalue weighted by Crippen LogP contribution is 2.40. The van der Waals surface area contributed by atoms with Crippen molar-refractivity contribution in [2.24, 2.45) is 0 Å². The van der Waals surface area contributed by atoms with Gasteiger partial charge in [0.05, 0.1) is 30.6 Å². The maximum absolute atomic E-state index is 12.7. The van der Waals surface area contributed by atoms with E-state index in [1.807, 2.05) is 13.0 Å². The number of amides is 2. The van der Waals surface area contributed by atoms with Crippen LogP contribution in [0.1, 0.15) is 21.5 Å². The number of nitrogens with one attached hydrogen (secondary N) is 2. The van der Waals surface area contributed by atoms with Crippen molar-refractivity contribution in [3.8, 4) is 6.07 Å². The van der Waals surface area contributed by atoms with Crippen LogP contribution in [0, 0.1) is 28.4 Å². The fourth-order valence-electron chi connectivity index (χ4n) is 4.00.